The summed E-state index contributed by atoms with van der Waals surface area (Å²) in [6, 6.07) is 2.28. The molecule has 1 aromatic rings. The molecule has 1 N–H and O–H groups in total. The van der Waals surface area contributed by atoms with Gasteiger partial charge in [0.15, 0.2) is 0 Å². The van der Waals surface area contributed by atoms with E-state index in [0.717, 1.165) is 12.1 Å². The van der Waals surface area contributed by atoms with Crippen LogP contribution < -0.4 is 0 Å². The molecule has 8 heteroatoms. The molecule has 1 aliphatic heterocycles. The van der Waals surface area contributed by atoms with Crippen LogP contribution in [0.25, 0.3) is 0 Å². The predicted octanol–water partition coefficient (Wildman–Crippen LogP) is 0.777. The van der Waals surface area contributed by atoms with E-state index in [1.54, 1.807) is 13.8 Å². The Hall–Kier alpha value is -1.38. The van der Waals surface area contributed by atoms with Crippen molar-refractivity contribution in [2.45, 2.75) is 24.5 Å². The Labute approximate surface area is 110 Å². The number of aromatic carboxylic acids is 1. The maximum absolute atomic E-state index is 12.4. The van der Waals surface area contributed by atoms with Gasteiger partial charge in [-0.3, -0.25) is 0 Å². The highest BCUT2D eigenvalue weighted by Crippen LogP contribution is 2.28. The van der Waals surface area contributed by atoms with Crippen molar-refractivity contribution in [2.75, 3.05) is 19.8 Å². The highest BCUT2D eigenvalue weighted by Gasteiger charge is 2.41. The van der Waals surface area contributed by atoms with E-state index in [2.05, 4.69) is 0 Å². The zero-order chi connectivity index (χ0) is 14.3. The van der Waals surface area contributed by atoms with E-state index in [1.165, 1.54) is 4.31 Å². The van der Waals surface area contributed by atoms with Crippen LogP contribution in [0.3, 0.4) is 0 Å². The number of morpholine rings is 1. The van der Waals surface area contributed by atoms with Crippen LogP contribution in [0.2, 0.25) is 0 Å². The summed E-state index contributed by atoms with van der Waals surface area (Å²) in [4.78, 5) is 10.7. The van der Waals surface area contributed by atoms with Crippen molar-refractivity contribution in [1.29, 1.82) is 0 Å². The quantitative estimate of drug-likeness (QED) is 0.883. The second-order valence-electron chi connectivity index (χ2n) is 4.87. The van der Waals surface area contributed by atoms with Gasteiger partial charge in [0.25, 0.3) is 10.0 Å². The number of ether oxygens (including phenoxy) is 1. The molecule has 1 fully saturated rings. The van der Waals surface area contributed by atoms with Gasteiger partial charge in [-0.15, -0.1) is 0 Å². The first-order valence-corrected chi connectivity index (χ1v) is 7.13. The Morgan fingerprint density at radius 2 is 2.11 bits per heavy atom. The number of rotatable bonds is 3. The summed E-state index contributed by atoms with van der Waals surface area (Å²) in [6.45, 7) is 4.27. The number of nitrogens with zero attached hydrogens (tertiary/aromatic N) is 1. The zero-order valence-corrected chi connectivity index (χ0v) is 11.4. The van der Waals surface area contributed by atoms with E-state index >= 15 is 0 Å². The number of hydrogen-bond acceptors (Lipinski definition) is 5. The molecule has 2 heterocycles. The van der Waals surface area contributed by atoms with E-state index in [1.807, 2.05) is 0 Å². The van der Waals surface area contributed by atoms with Gasteiger partial charge in [-0.2, -0.15) is 4.31 Å². The molecule has 0 atom stereocenters. The highest BCUT2D eigenvalue weighted by atomic mass is 32.2. The van der Waals surface area contributed by atoms with Gasteiger partial charge in [-0.05, 0) is 26.0 Å². The van der Waals surface area contributed by atoms with Crippen LogP contribution in [-0.2, 0) is 14.8 Å². The molecule has 19 heavy (non-hydrogen) atoms. The minimum Gasteiger partial charge on any atom is -0.475 e. The summed E-state index contributed by atoms with van der Waals surface area (Å²) >= 11 is 0. The molecule has 7 nitrogen and oxygen atoms in total. The highest BCUT2D eigenvalue weighted by molar-refractivity contribution is 7.89. The smallest absolute Gasteiger partial charge is 0.371 e. The lowest BCUT2D eigenvalue weighted by molar-refractivity contribution is -0.00834. The van der Waals surface area contributed by atoms with E-state index < -0.39 is 27.3 Å². The Bertz CT molecular complexity index is 588. The number of hydrogen-bond donors (Lipinski definition) is 1. The molecule has 0 saturated carbocycles. The van der Waals surface area contributed by atoms with Crippen LogP contribution in [0.4, 0.5) is 0 Å². The van der Waals surface area contributed by atoms with Crippen molar-refractivity contribution in [3.63, 3.8) is 0 Å². The largest absolute Gasteiger partial charge is 0.475 e. The second kappa shape index (κ2) is 4.62. The molecular formula is C11H15NO6S. The third kappa shape index (κ3) is 2.51. The normalized spacial score (nSPS) is 20.3. The number of carboxylic acid groups (broad SMARTS) is 1. The lowest BCUT2D eigenvalue weighted by Crippen LogP contribution is -2.55. The molecule has 0 aromatic carbocycles. The summed E-state index contributed by atoms with van der Waals surface area (Å²) in [6.07, 6.45) is 0. The number of sulfonamides is 1. The average Bonchev–Trinajstić information content (AvgIpc) is 2.77. The lowest BCUT2D eigenvalue weighted by atomic mass is 10.1. The van der Waals surface area contributed by atoms with Crippen LogP contribution in [0.5, 0.6) is 0 Å². The molecule has 2 rings (SSSR count). The van der Waals surface area contributed by atoms with Crippen molar-refractivity contribution in [2.24, 2.45) is 0 Å². The Balaban J connectivity index is 2.38. The summed E-state index contributed by atoms with van der Waals surface area (Å²) in [5.41, 5.74) is -0.701. The second-order valence-corrected chi connectivity index (χ2v) is 6.66. The molecule has 0 bridgehead atoms. The fourth-order valence-electron chi connectivity index (χ4n) is 1.97. The van der Waals surface area contributed by atoms with Crippen molar-refractivity contribution in [1.82, 2.24) is 4.31 Å². The molecule has 0 aliphatic carbocycles. The van der Waals surface area contributed by atoms with E-state index in [4.69, 9.17) is 14.3 Å². The molecule has 106 valence electrons. The summed E-state index contributed by atoms with van der Waals surface area (Å²) in [5.74, 6) is -1.70. The molecule has 0 amide bonds. The summed E-state index contributed by atoms with van der Waals surface area (Å²) in [7, 11) is -3.86. The summed E-state index contributed by atoms with van der Waals surface area (Å²) in [5, 5.41) is 8.39. The maximum atomic E-state index is 12.4. The third-order valence-corrected chi connectivity index (χ3v) is 4.89. The van der Waals surface area contributed by atoms with Crippen LogP contribution in [0, 0.1) is 0 Å². The van der Waals surface area contributed by atoms with Gasteiger partial charge in [-0.25, -0.2) is 13.2 Å². The number of carboxylic acids is 1. The topological polar surface area (TPSA) is 97.0 Å². The van der Waals surface area contributed by atoms with Crippen molar-refractivity contribution in [3.05, 3.63) is 17.9 Å². The fourth-order valence-corrected chi connectivity index (χ4v) is 3.64. The molecule has 0 radical (unpaired) electrons. The van der Waals surface area contributed by atoms with Gasteiger partial charge in [0.05, 0.1) is 18.8 Å². The van der Waals surface area contributed by atoms with Crippen LogP contribution in [-0.4, -0.2) is 49.1 Å². The molecular weight excluding hydrogens is 274 g/mol. The Kier molecular flexibility index (Phi) is 3.41. The van der Waals surface area contributed by atoms with Crippen molar-refractivity contribution in [3.8, 4) is 0 Å². The van der Waals surface area contributed by atoms with Crippen LogP contribution >= 0.6 is 0 Å². The first-order valence-electron chi connectivity index (χ1n) is 5.69. The molecule has 1 aromatic heterocycles. The first kappa shape index (κ1) is 14.0. The minimum atomic E-state index is -3.86. The van der Waals surface area contributed by atoms with Gasteiger partial charge in [0.1, 0.15) is 0 Å². The van der Waals surface area contributed by atoms with E-state index in [0.29, 0.717) is 6.61 Å². The maximum Gasteiger partial charge on any atom is 0.371 e. The monoisotopic (exact) mass is 289 g/mol. The van der Waals surface area contributed by atoms with Crippen LogP contribution in [0.15, 0.2) is 21.6 Å². The van der Waals surface area contributed by atoms with Gasteiger partial charge >= 0.3 is 5.97 Å². The SMILES string of the molecule is CC1(C)COCCN1S(=O)(=O)c1ccc(C(=O)O)o1. The van der Waals surface area contributed by atoms with Gasteiger partial charge in [-0.1, -0.05) is 0 Å². The lowest BCUT2D eigenvalue weighted by Gasteiger charge is -2.40. The minimum absolute atomic E-state index is 0.207. The third-order valence-electron chi connectivity index (χ3n) is 2.91. The van der Waals surface area contributed by atoms with Crippen molar-refractivity contribution < 1.29 is 27.5 Å². The number of furan rings is 1. The summed E-state index contributed by atoms with van der Waals surface area (Å²) < 4.78 is 36.3. The van der Waals surface area contributed by atoms with Crippen molar-refractivity contribution >= 4 is 16.0 Å². The predicted molar refractivity (Wildman–Crippen MR) is 64.5 cm³/mol. The van der Waals surface area contributed by atoms with E-state index in [-0.39, 0.29) is 18.2 Å². The number of carbonyl (C=O) groups is 1. The van der Waals surface area contributed by atoms with Gasteiger partial charge < -0.3 is 14.3 Å². The fraction of sp³-hybridized carbons (Fsp3) is 0.545. The Morgan fingerprint density at radius 1 is 1.42 bits per heavy atom. The first-order chi connectivity index (χ1) is 8.75. The molecule has 1 aliphatic rings. The average molecular weight is 289 g/mol. The van der Waals surface area contributed by atoms with Gasteiger partial charge in [0, 0.05) is 6.54 Å². The Morgan fingerprint density at radius 3 is 2.63 bits per heavy atom. The molecule has 1 saturated heterocycles. The van der Waals surface area contributed by atoms with E-state index in [9.17, 15) is 13.2 Å². The van der Waals surface area contributed by atoms with Crippen LogP contribution in [0.1, 0.15) is 24.4 Å². The zero-order valence-electron chi connectivity index (χ0n) is 10.6. The van der Waals surface area contributed by atoms with Gasteiger partial charge in [0.2, 0.25) is 10.9 Å². The molecule has 0 unspecified atom stereocenters. The standard InChI is InChI=1S/C11H15NO6S/c1-11(2)7-17-6-5-12(11)19(15,16)9-4-3-8(18-9)10(13)14/h3-4H,5-7H2,1-2H3,(H,13,14). The molecule has 0 spiro atoms.